The summed E-state index contributed by atoms with van der Waals surface area (Å²) < 4.78 is 40.0. The van der Waals surface area contributed by atoms with Crippen molar-refractivity contribution >= 4 is 11.8 Å². The average molecular weight is 307 g/mol. The molecule has 0 bridgehead atoms. The lowest BCUT2D eigenvalue weighted by Gasteiger charge is -2.17. The Morgan fingerprint density at radius 1 is 1.25 bits per heavy atom. The van der Waals surface area contributed by atoms with Crippen LogP contribution >= 0.6 is 11.8 Å². The van der Waals surface area contributed by atoms with E-state index in [4.69, 9.17) is 0 Å². The summed E-state index contributed by atoms with van der Waals surface area (Å²) in [5, 5.41) is 3.44. The highest BCUT2D eigenvalue weighted by molar-refractivity contribution is 7.98. The molecule has 1 N–H and O–H groups in total. The van der Waals surface area contributed by atoms with E-state index in [1.54, 1.807) is 23.9 Å². The van der Waals surface area contributed by atoms with Gasteiger partial charge in [-0.25, -0.2) is 0 Å². The number of nitrogens with one attached hydrogen (secondary N) is 1. The van der Waals surface area contributed by atoms with E-state index in [-0.39, 0.29) is 5.75 Å². The second-order valence-electron chi connectivity index (χ2n) is 4.50. The third-order valence-corrected chi connectivity index (χ3v) is 3.43. The van der Waals surface area contributed by atoms with Gasteiger partial charge in [-0.1, -0.05) is 19.1 Å². The van der Waals surface area contributed by atoms with Crippen molar-refractivity contribution in [3.63, 3.8) is 0 Å². The van der Waals surface area contributed by atoms with Crippen LogP contribution in [0.3, 0.4) is 0 Å². The predicted molar refractivity (Wildman–Crippen MR) is 77.3 cm³/mol. The quantitative estimate of drug-likeness (QED) is 0.788. The van der Waals surface area contributed by atoms with Crippen LogP contribution in [0.5, 0.6) is 5.75 Å². The number of rotatable bonds is 8. The molecule has 1 aromatic rings. The SMILES string of the molecule is CCCNC(CSC)Cc1ccc(OC(F)(F)F)cc1. The minimum absolute atomic E-state index is 0.177. The Morgan fingerprint density at radius 2 is 1.90 bits per heavy atom. The van der Waals surface area contributed by atoms with Gasteiger partial charge in [-0.05, 0) is 43.3 Å². The van der Waals surface area contributed by atoms with Gasteiger partial charge in [0.15, 0.2) is 0 Å². The largest absolute Gasteiger partial charge is 0.573 e. The summed E-state index contributed by atoms with van der Waals surface area (Å²) in [5.41, 5.74) is 1.00. The Kier molecular flexibility index (Phi) is 7.23. The highest BCUT2D eigenvalue weighted by atomic mass is 32.2. The van der Waals surface area contributed by atoms with Crippen molar-refractivity contribution in [1.82, 2.24) is 5.32 Å². The third-order valence-electron chi connectivity index (χ3n) is 2.69. The molecule has 6 heteroatoms. The van der Waals surface area contributed by atoms with Crippen LogP contribution in [-0.2, 0) is 6.42 Å². The molecule has 1 rings (SSSR count). The first-order valence-corrected chi connectivity index (χ1v) is 7.91. The van der Waals surface area contributed by atoms with Gasteiger partial charge in [-0.15, -0.1) is 13.2 Å². The van der Waals surface area contributed by atoms with Gasteiger partial charge in [0.2, 0.25) is 0 Å². The average Bonchev–Trinajstić information content (AvgIpc) is 2.37. The summed E-state index contributed by atoms with van der Waals surface area (Å²) in [6.45, 7) is 3.05. The zero-order chi connectivity index (χ0) is 15.0. The molecular weight excluding hydrogens is 287 g/mol. The van der Waals surface area contributed by atoms with E-state index >= 15 is 0 Å². The first-order valence-electron chi connectivity index (χ1n) is 6.51. The molecule has 0 heterocycles. The smallest absolute Gasteiger partial charge is 0.406 e. The molecule has 1 unspecified atom stereocenters. The van der Waals surface area contributed by atoms with Gasteiger partial charge in [0.25, 0.3) is 0 Å². The monoisotopic (exact) mass is 307 g/mol. The summed E-state index contributed by atoms with van der Waals surface area (Å²) >= 11 is 1.75. The van der Waals surface area contributed by atoms with Gasteiger partial charge >= 0.3 is 6.36 Å². The Balaban J connectivity index is 2.58. The van der Waals surface area contributed by atoms with Crippen LogP contribution in [-0.4, -0.2) is 31.0 Å². The molecule has 20 heavy (non-hydrogen) atoms. The standard InChI is InChI=1S/C14H20F3NOS/c1-3-8-18-12(10-20-2)9-11-4-6-13(7-5-11)19-14(15,16)17/h4-7,12,18H,3,8-10H2,1-2H3. The van der Waals surface area contributed by atoms with Crippen molar-refractivity contribution in [3.8, 4) is 5.75 Å². The van der Waals surface area contributed by atoms with E-state index in [9.17, 15) is 13.2 Å². The van der Waals surface area contributed by atoms with Crippen LogP contribution in [0.2, 0.25) is 0 Å². The predicted octanol–water partition coefficient (Wildman–Crippen LogP) is 3.86. The lowest BCUT2D eigenvalue weighted by molar-refractivity contribution is -0.274. The molecule has 0 amide bonds. The molecule has 0 saturated carbocycles. The van der Waals surface area contributed by atoms with E-state index in [0.717, 1.165) is 30.7 Å². The van der Waals surface area contributed by atoms with Gasteiger partial charge < -0.3 is 10.1 Å². The number of ether oxygens (including phenoxy) is 1. The van der Waals surface area contributed by atoms with Crippen LogP contribution in [0.4, 0.5) is 13.2 Å². The van der Waals surface area contributed by atoms with Crippen molar-refractivity contribution in [2.45, 2.75) is 32.2 Å². The summed E-state index contributed by atoms with van der Waals surface area (Å²) in [6.07, 6.45) is -0.733. The Morgan fingerprint density at radius 3 is 2.40 bits per heavy atom. The van der Waals surface area contributed by atoms with Crippen molar-refractivity contribution in [3.05, 3.63) is 29.8 Å². The molecular formula is C14H20F3NOS. The Bertz CT molecular complexity index is 381. The maximum Gasteiger partial charge on any atom is 0.573 e. The van der Waals surface area contributed by atoms with E-state index in [2.05, 4.69) is 17.0 Å². The fraction of sp³-hybridized carbons (Fsp3) is 0.571. The second-order valence-corrected chi connectivity index (χ2v) is 5.41. The molecule has 0 fully saturated rings. The van der Waals surface area contributed by atoms with Gasteiger partial charge in [0.1, 0.15) is 5.75 Å². The zero-order valence-electron chi connectivity index (χ0n) is 11.7. The van der Waals surface area contributed by atoms with Crippen molar-refractivity contribution < 1.29 is 17.9 Å². The van der Waals surface area contributed by atoms with E-state index in [1.165, 1.54) is 12.1 Å². The van der Waals surface area contributed by atoms with Gasteiger partial charge in [-0.3, -0.25) is 0 Å². The highest BCUT2D eigenvalue weighted by Gasteiger charge is 2.30. The first-order chi connectivity index (χ1) is 9.44. The van der Waals surface area contributed by atoms with Crippen molar-refractivity contribution in [2.75, 3.05) is 18.6 Å². The number of hydrogen-bond donors (Lipinski definition) is 1. The van der Waals surface area contributed by atoms with E-state index in [0.29, 0.717) is 6.04 Å². The van der Waals surface area contributed by atoms with Crippen LogP contribution in [0, 0.1) is 0 Å². The molecule has 0 saturated heterocycles. The number of thioether (sulfide) groups is 1. The topological polar surface area (TPSA) is 21.3 Å². The molecule has 0 radical (unpaired) electrons. The molecule has 0 aromatic heterocycles. The lowest BCUT2D eigenvalue weighted by Crippen LogP contribution is -2.33. The Labute approximate surface area is 122 Å². The zero-order valence-corrected chi connectivity index (χ0v) is 12.5. The normalized spacial score (nSPS) is 13.2. The molecule has 1 atom stereocenters. The summed E-state index contributed by atoms with van der Waals surface area (Å²) in [6, 6.07) is 6.42. The maximum absolute atomic E-state index is 12.1. The fourth-order valence-electron chi connectivity index (χ4n) is 1.85. The lowest BCUT2D eigenvalue weighted by atomic mass is 10.1. The van der Waals surface area contributed by atoms with Gasteiger partial charge in [0, 0.05) is 11.8 Å². The maximum atomic E-state index is 12.1. The molecule has 0 aliphatic carbocycles. The summed E-state index contributed by atoms with van der Waals surface area (Å²) in [5.74, 6) is 0.796. The van der Waals surface area contributed by atoms with Crippen molar-refractivity contribution in [1.29, 1.82) is 0 Å². The summed E-state index contributed by atoms with van der Waals surface area (Å²) in [7, 11) is 0. The van der Waals surface area contributed by atoms with E-state index < -0.39 is 6.36 Å². The number of alkyl halides is 3. The first kappa shape index (κ1) is 17.2. The highest BCUT2D eigenvalue weighted by Crippen LogP contribution is 2.23. The second kappa shape index (κ2) is 8.42. The molecule has 0 spiro atoms. The Hall–Kier alpha value is -0.880. The van der Waals surface area contributed by atoms with Gasteiger partial charge in [-0.2, -0.15) is 11.8 Å². The number of hydrogen-bond acceptors (Lipinski definition) is 3. The molecule has 0 aliphatic heterocycles. The molecule has 114 valence electrons. The summed E-state index contributed by atoms with van der Waals surface area (Å²) in [4.78, 5) is 0. The number of benzene rings is 1. The fourth-order valence-corrected chi connectivity index (χ4v) is 2.49. The minimum atomic E-state index is -4.63. The third kappa shape index (κ3) is 7.05. The molecule has 0 aliphatic rings. The minimum Gasteiger partial charge on any atom is -0.406 e. The van der Waals surface area contributed by atoms with E-state index in [1.807, 2.05) is 6.26 Å². The molecule has 2 nitrogen and oxygen atoms in total. The van der Waals surface area contributed by atoms with Crippen LogP contribution < -0.4 is 10.1 Å². The van der Waals surface area contributed by atoms with Crippen LogP contribution in [0.1, 0.15) is 18.9 Å². The van der Waals surface area contributed by atoms with Crippen LogP contribution in [0.25, 0.3) is 0 Å². The van der Waals surface area contributed by atoms with Gasteiger partial charge in [0.05, 0.1) is 0 Å². The van der Waals surface area contributed by atoms with Crippen molar-refractivity contribution in [2.24, 2.45) is 0 Å². The molecule has 1 aromatic carbocycles. The number of halogens is 3. The van der Waals surface area contributed by atoms with Crippen LogP contribution in [0.15, 0.2) is 24.3 Å².